The molecule has 0 aliphatic heterocycles. The number of carboxylic acid groups (broad SMARTS) is 1. The van der Waals surface area contributed by atoms with Crippen LogP contribution in [0.2, 0.25) is 0 Å². The van der Waals surface area contributed by atoms with Crippen LogP contribution in [0.15, 0.2) is 0 Å². The Morgan fingerprint density at radius 1 is 1.46 bits per heavy atom. The van der Waals surface area contributed by atoms with Gasteiger partial charge >= 0.3 is 5.97 Å². The average Bonchev–Trinajstić information content (AvgIpc) is 2.02. The second-order valence-electron chi connectivity index (χ2n) is 2.89. The molecule has 1 amide bonds. The number of carbonyl (C=O) groups excluding carboxylic acids is 1. The number of hydrogen-bond acceptors (Lipinski definition) is 3. The quantitative estimate of drug-likeness (QED) is 0.622. The first kappa shape index (κ1) is 12.3. The molecule has 5 heteroatoms. The van der Waals surface area contributed by atoms with E-state index in [4.69, 9.17) is 5.11 Å². The van der Waals surface area contributed by atoms with E-state index in [-0.39, 0.29) is 17.6 Å². The van der Waals surface area contributed by atoms with Gasteiger partial charge in [0.2, 0.25) is 5.91 Å². The first-order valence-electron chi connectivity index (χ1n) is 4.11. The minimum atomic E-state index is -0.819. The molecule has 76 valence electrons. The zero-order valence-corrected chi connectivity index (χ0v) is 8.69. The van der Waals surface area contributed by atoms with Crippen LogP contribution in [0, 0.1) is 5.92 Å². The lowest BCUT2D eigenvalue weighted by atomic mass is 10.2. The second-order valence-corrected chi connectivity index (χ2v) is 4.00. The summed E-state index contributed by atoms with van der Waals surface area (Å²) in [6.07, 6.45) is 0. The van der Waals surface area contributed by atoms with Gasteiger partial charge in [-0.25, -0.2) is 0 Å². The van der Waals surface area contributed by atoms with Crippen molar-refractivity contribution in [2.45, 2.75) is 13.8 Å². The number of carboxylic acids is 1. The monoisotopic (exact) mass is 205 g/mol. The molecule has 0 saturated carbocycles. The molecule has 0 rings (SSSR count). The molecule has 13 heavy (non-hydrogen) atoms. The molecule has 0 saturated heterocycles. The predicted molar refractivity (Wildman–Crippen MR) is 52.8 cm³/mol. The Morgan fingerprint density at radius 2 is 2.08 bits per heavy atom. The number of hydrogen-bond donors (Lipinski definition) is 2. The normalized spacial score (nSPS) is 10.1. The predicted octanol–water partition coefficient (Wildman–Crippen LogP) is 0.576. The van der Waals surface area contributed by atoms with Crippen LogP contribution in [0.1, 0.15) is 13.8 Å². The Hall–Kier alpha value is -0.710. The molecular weight excluding hydrogens is 190 g/mol. The Bertz CT molecular complexity index is 182. The third-order valence-electron chi connectivity index (χ3n) is 1.30. The van der Waals surface area contributed by atoms with E-state index in [9.17, 15) is 9.59 Å². The topological polar surface area (TPSA) is 66.4 Å². The molecule has 0 heterocycles. The fourth-order valence-electron chi connectivity index (χ4n) is 0.610. The van der Waals surface area contributed by atoms with Gasteiger partial charge in [0.15, 0.2) is 0 Å². The van der Waals surface area contributed by atoms with Crippen LogP contribution in [0.5, 0.6) is 0 Å². The highest BCUT2D eigenvalue weighted by molar-refractivity contribution is 7.99. The van der Waals surface area contributed by atoms with Gasteiger partial charge in [-0.1, -0.05) is 13.8 Å². The van der Waals surface area contributed by atoms with Crippen molar-refractivity contribution in [1.82, 2.24) is 5.32 Å². The van der Waals surface area contributed by atoms with Gasteiger partial charge < -0.3 is 10.4 Å². The molecule has 0 aromatic rings. The molecule has 0 aliphatic rings. The van der Waals surface area contributed by atoms with Crippen molar-refractivity contribution in [2.75, 3.05) is 18.1 Å². The van der Waals surface area contributed by atoms with Gasteiger partial charge in [0.05, 0.1) is 5.75 Å². The molecule has 0 spiro atoms. The SMILES string of the molecule is CC(C)C(=O)NCCSCC(=O)O. The highest BCUT2D eigenvalue weighted by atomic mass is 32.2. The molecule has 2 N–H and O–H groups in total. The minimum Gasteiger partial charge on any atom is -0.481 e. The van der Waals surface area contributed by atoms with E-state index in [1.165, 1.54) is 11.8 Å². The standard InChI is InChI=1S/C8H15NO3S/c1-6(2)8(12)9-3-4-13-5-7(10)11/h6H,3-5H2,1-2H3,(H,9,12)(H,10,11). The summed E-state index contributed by atoms with van der Waals surface area (Å²) in [4.78, 5) is 21.1. The summed E-state index contributed by atoms with van der Waals surface area (Å²) in [7, 11) is 0. The Morgan fingerprint density at radius 3 is 2.54 bits per heavy atom. The maximum atomic E-state index is 11.0. The zero-order valence-electron chi connectivity index (χ0n) is 7.87. The molecular formula is C8H15NO3S. The molecule has 0 aromatic heterocycles. The number of carbonyl (C=O) groups is 2. The van der Waals surface area contributed by atoms with Gasteiger partial charge in [0, 0.05) is 18.2 Å². The van der Waals surface area contributed by atoms with Crippen molar-refractivity contribution in [3.8, 4) is 0 Å². The Labute approximate surface area is 82.1 Å². The van der Waals surface area contributed by atoms with E-state index in [0.29, 0.717) is 12.3 Å². The highest BCUT2D eigenvalue weighted by Gasteiger charge is 2.04. The molecule has 0 radical (unpaired) electrons. The van der Waals surface area contributed by atoms with Crippen LogP contribution >= 0.6 is 11.8 Å². The van der Waals surface area contributed by atoms with Gasteiger partial charge in [0.25, 0.3) is 0 Å². The summed E-state index contributed by atoms with van der Waals surface area (Å²) in [5.41, 5.74) is 0. The second kappa shape index (κ2) is 6.77. The van der Waals surface area contributed by atoms with Crippen LogP contribution in [0.3, 0.4) is 0 Å². The van der Waals surface area contributed by atoms with Crippen molar-refractivity contribution >= 4 is 23.6 Å². The van der Waals surface area contributed by atoms with Gasteiger partial charge in [-0.05, 0) is 0 Å². The molecule has 0 atom stereocenters. The maximum Gasteiger partial charge on any atom is 0.313 e. The fraction of sp³-hybridized carbons (Fsp3) is 0.750. The highest BCUT2D eigenvalue weighted by Crippen LogP contribution is 1.97. The molecule has 0 unspecified atom stereocenters. The van der Waals surface area contributed by atoms with E-state index < -0.39 is 5.97 Å². The van der Waals surface area contributed by atoms with E-state index in [2.05, 4.69) is 5.32 Å². The molecule has 0 fully saturated rings. The number of amides is 1. The van der Waals surface area contributed by atoms with Crippen LogP contribution in [0.25, 0.3) is 0 Å². The van der Waals surface area contributed by atoms with Crippen molar-refractivity contribution in [1.29, 1.82) is 0 Å². The summed E-state index contributed by atoms with van der Waals surface area (Å²) >= 11 is 1.30. The van der Waals surface area contributed by atoms with Gasteiger partial charge in [-0.15, -0.1) is 11.8 Å². The van der Waals surface area contributed by atoms with Gasteiger partial charge in [0.1, 0.15) is 0 Å². The summed E-state index contributed by atoms with van der Waals surface area (Å²) < 4.78 is 0. The third kappa shape index (κ3) is 7.64. The minimum absolute atomic E-state index is 0.00975. The average molecular weight is 205 g/mol. The first-order chi connectivity index (χ1) is 6.04. The lowest BCUT2D eigenvalue weighted by Crippen LogP contribution is -2.29. The number of aliphatic carboxylic acids is 1. The Kier molecular flexibility index (Phi) is 6.40. The summed E-state index contributed by atoms with van der Waals surface area (Å²) in [6.45, 7) is 4.18. The number of thioether (sulfide) groups is 1. The van der Waals surface area contributed by atoms with Crippen molar-refractivity contribution < 1.29 is 14.7 Å². The lowest BCUT2D eigenvalue weighted by Gasteiger charge is -2.06. The van der Waals surface area contributed by atoms with E-state index in [0.717, 1.165) is 0 Å². The summed E-state index contributed by atoms with van der Waals surface area (Å²) in [5, 5.41) is 11.0. The zero-order chi connectivity index (χ0) is 10.3. The summed E-state index contributed by atoms with van der Waals surface area (Å²) in [6, 6.07) is 0. The molecule has 0 aliphatic carbocycles. The first-order valence-corrected chi connectivity index (χ1v) is 5.26. The van der Waals surface area contributed by atoms with Crippen LogP contribution in [-0.2, 0) is 9.59 Å². The summed E-state index contributed by atoms with van der Waals surface area (Å²) in [5.74, 6) is -0.0805. The van der Waals surface area contributed by atoms with Crippen molar-refractivity contribution in [3.05, 3.63) is 0 Å². The van der Waals surface area contributed by atoms with Gasteiger partial charge in [-0.2, -0.15) is 0 Å². The number of rotatable bonds is 6. The fourth-order valence-corrected chi connectivity index (χ4v) is 1.18. The van der Waals surface area contributed by atoms with Crippen LogP contribution < -0.4 is 5.32 Å². The van der Waals surface area contributed by atoms with Gasteiger partial charge in [-0.3, -0.25) is 9.59 Å². The molecule has 4 nitrogen and oxygen atoms in total. The van der Waals surface area contributed by atoms with Crippen LogP contribution in [0.4, 0.5) is 0 Å². The molecule has 0 aromatic carbocycles. The largest absolute Gasteiger partial charge is 0.481 e. The third-order valence-corrected chi connectivity index (χ3v) is 2.24. The smallest absolute Gasteiger partial charge is 0.313 e. The Balaban J connectivity index is 3.26. The van der Waals surface area contributed by atoms with E-state index >= 15 is 0 Å². The number of nitrogens with one attached hydrogen (secondary N) is 1. The maximum absolute atomic E-state index is 11.0. The van der Waals surface area contributed by atoms with Crippen molar-refractivity contribution in [3.63, 3.8) is 0 Å². The van der Waals surface area contributed by atoms with E-state index in [1.54, 1.807) is 0 Å². The van der Waals surface area contributed by atoms with Crippen LogP contribution in [-0.4, -0.2) is 35.0 Å². The lowest BCUT2D eigenvalue weighted by molar-refractivity contribution is -0.133. The van der Waals surface area contributed by atoms with E-state index in [1.807, 2.05) is 13.8 Å². The molecule has 0 bridgehead atoms. The van der Waals surface area contributed by atoms with Crippen molar-refractivity contribution in [2.24, 2.45) is 5.92 Å².